The standard InChI is InChI=1S/C20H42O.Na.H2O4S.H/c1-3-5-7-9-11-13-15-17-19-21-20-18-16-14-12-10-8-6-4-2;;1-5(2,3)4;/h3-20H2,1-2H3;;(H2,1,2,3,4);. The fourth-order valence-corrected chi connectivity index (χ4v) is 2.78. The van der Waals surface area contributed by atoms with Gasteiger partial charge in [0.05, 0.1) is 0 Å². The summed E-state index contributed by atoms with van der Waals surface area (Å²) in [5, 5.41) is 0. The van der Waals surface area contributed by atoms with Crippen molar-refractivity contribution < 1.29 is 22.3 Å². The maximum atomic E-state index is 8.74. The Kier molecular flexibility index (Phi) is 32.3. The summed E-state index contributed by atoms with van der Waals surface area (Å²) in [7, 11) is -4.67. The van der Waals surface area contributed by atoms with Gasteiger partial charge < -0.3 is 4.74 Å². The first kappa shape index (κ1) is 32.5. The number of rotatable bonds is 18. The van der Waals surface area contributed by atoms with Crippen LogP contribution >= 0.6 is 0 Å². The number of hydrogen-bond donors (Lipinski definition) is 2. The fraction of sp³-hybridized carbons (Fsp3) is 1.00. The van der Waals surface area contributed by atoms with Crippen molar-refractivity contribution in [3.8, 4) is 0 Å². The summed E-state index contributed by atoms with van der Waals surface area (Å²) in [4.78, 5) is 0. The average Bonchev–Trinajstić information content (AvgIpc) is 2.56. The van der Waals surface area contributed by atoms with Crippen molar-refractivity contribution in [1.29, 1.82) is 0 Å². The molecule has 0 aromatic rings. The topological polar surface area (TPSA) is 83.8 Å². The van der Waals surface area contributed by atoms with E-state index in [2.05, 4.69) is 13.8 Å². The molecule has 0 aliphatic carbocycles. The molecule has 0 aromatic heterocycles. The second-order valence-electron chi connectivity index (χ2n) is 7.01. The molecule has 7 heteroatoms. The van der Waals surface area contributed by atoms with E-state index >= 15 is 0 Å². The van der Waals surface area contributed by atoms with Gasteiger partial charge in [0.15, 0.2) is 0 Å². The van der Waals surface area contributed by atoms with Crippen LogP contribution in [0.5, 0.6) is 0 Å². The molecule has 0 heterocycles. The van der Waals surface area contributed by atoms with Crippen LogP contribution in [-0.4, -0.2) is 60.3 Å². The first-order valence-electron chi connectivity index (χ1n) is 10.7. The van der Waals surface area contributed by atoms with Gasteiger partial charge in [-0.25, -0.2) is 0 Å². The van der Waals surface area contributed by atoms with E-state index in [0.29, 0.717) is 0 Å². The third-order valence-electron chi connectivity index (χ3n) is 4.28. The Bertz CT molecular complexity index is 324. The van der Waals surface area contributed by atoms with Crippen molar-refractivity contribution in [1.82, 2.24) is 0 Å². The molecule has 0 fully saturated rings. The van der Waals surface area contributed by atoms with E-state index in [1.807, 2.05) is 0 Å². The second-order valence-corrected chi connectivity index (χ2v) is 7.91. The molecular weight excluding hydrogens is 375 g/mol. The van der Waals surface area contributed by atoms with E-state index in [1.54, 1.807) is 0 Å². The first-order chi connectivity index (χ1) is 12.4. The Morgan fingerprint density at radius 3 is 1.04 bits per heavy atom. The van der Waals surface area contributed by atoms with E-state index in [1.165, 1.54) is 103 Å². The van der Waals surface area contributed by atoms with Crippen LogP contribution < -0.4 is 0 Å². The molecule has 0 aliphatic heterocycles. The zero-order valence-electron chi connectivity index (χ0n) is 17.3. The van der Waals surface area contributed by atoms with E-state index in [4.69, 9.17) is 22.3 Å². The molecule has 0 saturated heterocycles. The Labute approximate surface area is 191 Å². The van der Waals surface area contributed by atoms with E-state index in [9.17, 15) is 0 Å². The minimum atomic E-state index is -4.67. The molecule has 0 amide bonds. The molecule has 0 spiro atoms. The molecule has 0 atom stereocenters. The van der Waals surface area contributed by atoms with Gasteiger partial charge >= 0.3 is 40.0 Å². The van der Waals surface area contributed by atoms with Crippen molar-refractivity contribution in [2.45, 2.75) is 117 Å². The molecule has 0 radical (unpaired) electrons. The molecule has 5 nitrogen and oxygen atoms in total. The maximum absolute atomic E-state index is 8.74. The van der Waals surface area contributed by atoms with Crippen molar-refractivity contribution in [3.63, 3.8) is 0 Å². The zero-order chi connectivity index (χ0) is 19.9. The van der Waals surface area contributed by atoms with Gasteiger partial charge in [0.25, 0.3) is 0 Å². The Balaban J connectivity index is -0.000000844. The van der Waals surface area contributed by atoms with Gasteiger partial charge in [0.2, 0.25) is 0 Å². The van der Waals surface area contributed by atoms with Crippen LogP contribution in [0, 0.1) is 0 Å². The molecule has 0 aromatic carbocycles. The number of hydrogen-bond acceptors (Lipinski definition) is 3. The van der Waals surface area contributed by atoms with Crippen LogP contribution in [0.25, 0.3) is 0 Å². The third kappa shape index (κ3) is 46.7. The summed E-state index contributed by atoms with van der Waals surface area (Å²) in [6.07, 6.45) is 22.2. The van der Waals surface area contributed by atoms with Gasteiger partial charge in [-0.3, -0.25) is 9.11 Å². The van der Waals surface area contributed by atoms with Gasteiger partial charge in [-0.05, 0) is 12.8 Å². The Hall–Kier alpha value is 0.830. The molecule has 0 aliphatic rings. The molecule has 27 heavy (non-hydrogen) atoms. The molecular formula is C20H45NaO5S. The predicted molar refractivity (Wildman–Crippen MR) is 117 cm³/mol. The SMILES string of the molecule is CCCCCCCCCCOCCCCCCCCCC.O=S(=O)(O)O.[NaH]. The fourth-order valence-electron chi connectivity index (χ4n) is 2.78. The molecule has 0 bridgehead atoms. The van der Waals surface area contributed by atoms with E-state index < -0.39 is 10.4 Å². The van der Waals surface area contributed by atoms with Gasteiger partial charge in [-0.15, -0.1) is 0 Å². The van der Waals surface area contributed by atoms with Crippen molar-refractivity contribution in [3.05, 3.63) is 0 Å². The normalized spacial score (nSPS) is 10.8. The Morgan fingerprint density at radius 2 is 0.778 bits per heavy atom. The quantitative estimate of drug-likeness (QED) is 0.162. The summed E-state index contributed by atoms with van der Waals surface area (Å²) >= 11 is 0. The predicted octanol–water partition coefficient (Wildman–Crippen LogP) is 5.98. The van der Waals surface area contributed by atoms with Crippen LogP contribution in [0.2, 0.25) is 0 Å². The zero-order valence-corrected chi connectivity index (χ0v) is 18.1. The molecule has 0 unspecified atom stereocenters. The first-order valence-corrected chi connectivity index (χ1v) is 12.1. The van der Waals surface area contributed by atoms with Crippen LogP contribution in [0.4, 0.5) is 0 Å². The summed E-state index contributed by atoms with van der Waals surface area (Å²) in [6.45, 7) is 6.55. The van der Waals surface area contributed by atoms with Crippen LogP contribution in [-0.2, 0) is 15.1 Å². The third-order valence-corrected chi connectivity index (χ3v) is 4.28. The minimum absolute atomic E-state index is 0. The molecule has 2 N–H and O–H groups in total. The second kappa shape index (κ2) is 26.8. The number of ether oxygens (including phenoxy) is 1. The van der Waals surface area contributed by atoms with E-state index in [-0.39, 0.29) is 29.6 Å². The van der Waals surface area contributed by atoms with Gasteiger partial charge in [0.1, 0.15) is 0 Å². The average molecular weight is 421 g/mol. The number of unbranched alkanes of at least 4 members (excludes halogenated alkanes) is 14. The van der Waals surface area contributed by atoms with Crippen LogP contribution in [0.3, 0.4) is 0 Å². The van der Waals surface area contributed by atoms with Crippen molar-refractivity contribution in [2.24, 2.45) is 0 Å². The summed E-state index contributed by atoms with van der Waals surface area (Å²) in [5.41, 5.74) is 0. The Morgan fingerprint density at radius 1 is 0.556 bits per heavy atom. The molecule has 0 saturated carbocycles. The summed E-state index contributed by atoms with van der Waals surface area (Å²) < 4.78 is 37.3. The van der Waals surface area contributed by atoms with Gasteiger partial charge in [0, 0.05) is 13.2 Å². The molecule has 0 rings (SSSR count). The van der Waals surface area contributed by atoms with Crippen molar-refractivity contribution in [2.75, 3.05) is 13.2 Å². The van der Waals surface area contributed by atoms with Crippen LogP contribution in [0.15, 0.2) is 0 Å². The van der Waals surface area contributed by atoms with Gasteiger partial charge in [-0.2, -0.15) is 8.42 Å². The molecule has 162 valence electrons. The summed E-state index contributed by atoms with van der Waals surface area (Å²) in [5.74, 6) is 0. The van der Waals surface area contributed by atoms with Gasteiger partial charge in [-0.1, -0.05) is 104 Å². The van der Waals surface area contributed by atoms with Crippen LogP contribution in [0.1, 0.15) is 117 Å². The monoisotopic (exact) mass is 420 g/mol. The van der Waals surface area contributed by atoms with E-state index in [0.717, 1.165) is 13.2 Å². The van der Waals surface area contributed by atoms with Crippen molar-refractivity contribution >= 4 is 40.0 Å². The summed E-state index contributed by atoms with van der Waals surface area (Å²) in [6, 6.07) is 0.